The predicted octanol–water partition coefficient (Wildman–Crippen LogP) is 17.1. The molecule has 0 radical (unpaired) electrons. The molecule has 1 heterocycles. The number of allylic oxidation sites excluding steroid dienone is 2. The van der Waals surface area contributed by atoms with E-state index in [9.17, 15) is 5.53 Å². The first-order valence-corrected chi connectivity index (χ1v) is 22.2. The second kappa shape index (κ2) is 34.7. The van der Waals surface area contributed by atoms with Crippen molar-refractivity contribution in [3.05, 3.63) is 101 Å². The minimum atomic E-state index is 0. The maximum Gasteiger partial charge on any atom is 2.00 e. The molecule has 0 atom stereocenters. The Bertz CT molecular complexity index is 1140. The molecular formula is C50H82N2Pd. The fourth-order valence-corrected chi connectivity index (χ4v) is 7.14. The molecule has 0 spiro atoms. The third-order valence-electron chi connectivity index (χ3n) is 10.3. The van der Waals surface area contributed by atoms with Crippen molar-refractivity contribution in [2.75, 3.05) is 0 Å². The Balaban J connectivity index is 0.000000971. The number of unbranched alkanes of at least 4 members (excludes halogenated alkanes) is 18. The van der Waals surface area contributed by atoms with Crippen molar-refractivity contribution in [3.8, 4) is 0 Å². The minimum Gasteiger partial charge on any atom is -0.493 e. The van der Waals surface area contributed by atoms with Crippen molar-refractivity contribution < 1.29 is 25.1 Å². The summed E-state index contributed by atoms with van der Waals surface area (Å²) in [6, 6.07) is 17.5. The topological polar surface area (TPSA) is 25.3 Å². The van der Waals surface area contributed by atoms with Gasteiger partial charge < -0.3 is 19.4 Å². The standard InChI is InChI=1S/C28H36N2.2C11H23.Pd/c1-5-9-13-21-15-11-17-23(19-21)27-25(7-3)26(8-4)28(30(27)29)24-18-12-16-22(20-24)14-10-6-2;2*1-3-5-7-9-11-10-8-6-4-2;/h11-12,15-20H,5-10,13-14H2,1-4H3;2*1,3-11H2,2H3;/q;2*-1;+2. The van der Waals surface area contributed by atoms with Gasteiger partial charge in [-0.05, 0) is 73.9 Å². The predicted molar refractivity (Wildman–Crippen MR) is 233 cm³/mol. The summed E-state index contributed by atoms with van der Waals surface area (Å²) in [6.07, 6.45) is 33.6. The average molecular weight is 818 g/mol. The maximum atomic E-state index is 11.4. The fraction of sp³-hybridized carbons (Fsp3) is 0.640. The summed E-state index contributed by atoms with van der Waals surface area (Å²) in [5.41, 5.74) is 20.8. The number of hydrogen-bond donors (Lipinski definition) is 0. The van der Waals surface area contributed by atoms with Gasteiger partial charge in [-0.3, -0.25) is 0 Å². The Labute approximate surface area is 344 Å². The summed E-state index contributed by atoms with van der Waals surface area (Å²) >= 11 is 0. The molecule has 1 aliphatic rings. The van der Waals surface area contributed by atoms with E-state index in [1.165, 1.54) is 155 Å². The molecule has 1 aliphatic heterocycles. The molecule has 302 valence electrons. The van der Waals surface area contributed by atoms with E-state index in [0.717, 1.165) is 61.0 Å². The van der Waals surface area contributed by atoms with Crippen LogP contribution in [0.4, 0.5) is 0 Å². The number of benzene rings is 2. The zero-order valence-electron chi connectivity index (χ0n) is 35.6. The van der Waals surface area contributed by atoms with Crippen LogP contribution < -0.4 is 0 Å². The largest absolute Gasteiger partial charge is 2.00 e. The van der Waals surface area contributed by atoms with Crippen molar-refractivity contribution in [3.63, 3.8) is 0 Å². The Hall–Kier alpha value is -1.82. The first-order valence-electron chi connectivity index (χ1n) is 22.2. The van der Waals surface area contributed by atoms with Crippen molar-refractivity contribution in [1.82, 2.24) is 0 Å². The van der Waals surface area contributed by atoms with Gasteiger partial charge in [-0.15, -0.1) is 0 Å². The van der Waals surface area contributed by atoms with E-state index in [2.05, 4.69) is 104 Å². The molecule has 0 bridgehead atoms. The van der Waals surface area contributed by atoms with Gasteiger partial charge in [0, 0.05) is 22.3 Å². The van der Waals surface area contributed by atoms with Gasteiger partial charge in [0.1, 0.15) is 0 Å². The van der Waals surface area contributed by atoms with Gasteiger partial charge in [0.25, 0.3) is 0 Å². The van der Waals surface area contributed by atoms with Gasteiger partial charge in [-0.1, -0.05) is 181 Å². The average Bonchev–Trinajstić information content (AvgIpc) is 3.47. The van der Waals surface area contributed by atoms with E-state index in [4.69, 9.17) is 0 Å². The molecule has 0 N–H and O–H groups in total. The monoisotopic (exact) mass is 817 g/mol. The van der Waals surface area contributed by atoms with Crippen LogP contribution in [-0.2, 0) is 33.3 Å². The molecule has 0 fully saturated rings. The minimum absolute atomic E-state index is 0. The normalized spacial score (nSPS) is 12.3. The van der Waals surface area contributed by atoms with E-state index < -0.39 is 0 Å². The smallest absolute Gasteiger partial charge is 0.493 e. The van der Waals surface area contributed by atoms with Gasteiger partial charge in [0.05, 0.1) is 0 Å². The maximum absolute atomic E-state index is 11.4. The molecular weight excluding hydrogens is 735 g/mol. The van der Waals surface area contributed by atoms with Crippen LogP contribution in [0.3, 0.4) is 0 Å². The summed E-state index contributed by atoms with van der Waals surface area (Å²) in [6.45, 7) is 21.0. The van der Waals surface area contributed by atoms with Crippen LogP contribution in [0.15, 0.2) is 59.7 Å². The van der Waals surface area contributed by atoms with Crippen LogP contribution >= 0.6 is 0 Å². The van der Waals surface area contributed by atoms with E-state index in [1.807, 2.05) is 0 Å². The fourth-order valence-electron chi connectivity index (χ4n) is 7.14. The molecule has 0 unspecified atom stereocenters. The van der Waals surface area contributed by atoms with Crippen LogP contribution in [0.5, 0.6) is 0 Å². The Kier molecular flexibility index (Phi) is 33.5. The third-order valence-corrected chi connectivity index (χ3v) is 10.3. The van der Waals surface area contributed by atoms with Gasteiger partial charge in [-0.2, -0.15) is 12.8 Å². The molecule has 2 nitrogen and oxygen atoms in total. The molecule has 0 amide bonds. The molecule has 2 aromatic rings. The first-order chi connectivity index (χ1) is 25.5. The summed E-state index contributed by atoms with van der Waals surface area (Å²) in [5, 5.41) is 0. The van der Waals surface area contributed by atoms with Crippen molar-refractivity contribution in [1.29, 1.82) is 0 Å². The van der Waals surface area contributed by atoms with Gasteiger partial charge in [0.2, 0.25) is 11.4 Å². The van der Waals surface area contributed by atoms with E-state index >= 15 is 0 Å². The quantitative estimate of drug-likeness (QED) is 0.0391. The van der Waals surface area contributed by atoms with Crippen LogP contribution in [-0.4, -0.2) is 4.70 Å². The third kappa shape index (κ3) is 21.2. The van der Waals surface area contributed by atoms with Gasteiger partial charge >= 0.3 is 20.4 Å². The number of nitrogens with zero attached hydrogens (tertiary/aromatic N) is 2. The van der Waals surface area contributed by atoms with Crippen molar-refractivity contribution in [2.45, 2.75) is 208 Å². The van der Waals surface area contributed by atoms with Crippen molar-refractivity contribution in [2.24, 2.45) is 0 Å². The van der Waals surface area contributed by atoms with Gasteiger partial charge in [0.15, 0.2) is 0 Å². The molecule has 3 heteroatoms. The molecule has 0 saturated heterocycles. The molecule has 53 heavy (non-hydrogen) atoms. The van der Waals surface area contributed by atoms with Gasteiger partial charge in [-0.25, -0.2) is 4.70 Å². The zero-order chi connectivity index (χ0) is 38.2. The molecule has 0 aromatic heterocycles. The number of aryl methyl sites for hydroxylation is 2. The van der Waals surface area contributed by atoms with Crippen LogP contribution in [0, 0.1) is 13.8 Å². The SMILES string of the molecule is CCCCc1cccc(C2=C(CC)C(CC)=C(c3cccc(CCCC)c3)[N+]2=[N-])c1.[CH2-]CCCCCCCCCC.[CH2-]CCCCCCCCCC.[Pd+2]. The Morgan fingerprint density at radius 2 is 0.774 bits per heavy atom. The summed E-state index contributed by atoms with van der Waals surface area (Å²) in [5.74, 6) is 0. The summed E-state index contributed by atoms with van der Waals surface area (Å²) in [7, 11) is 0. The van der Waals surface area contributed by atoms with E-state index in [1.54, 1.807) is 0 Å². The van der Waals surface area contributed by atoms with E-state index in [-0.39, 0.29) is 20.4 Å². The van der Waals surface area contributed by atoms with Crippen LogP contribution in [0.25, 0.3) is 16.9 Å². The molecule has 3 rings (SSSR count). The first kappa shape index (κ1) is 51.2. The molecule has 0 aliphatic carbocycles. The molecule has 2 aromatic carbocycles. The second-order valence-electron chi connectivity index (χ2n) is 14.9. The molecule has 0 saturated carbocycles. The van der Waals surface area contributed by atoms with Crippen molar-refractivity contribution >= 4 is 11.4 Å². The van der Waals surface area contributed by atoms with Crippen LogP contribution in [0.2, 0.25) is 0 Å². The number of rotatable bonds is 26. The van der Waals surface area contributed by atoms with E-state index in [0.29, 0.717) is 0 Å². The summed E-state index contributed by atoms with van der Waals surface area (Å²) in [4.78, 5) is 0. The second-order valence-corrected chi connectivity index (χ2v) is 14.9. The Morgan fingerprint density at radius 3 is 1.08 bits per heavy atom. The van der Waals surface area contributed by atoms with Crippen LogP contribution in [0.1, 0.15) is 218 Å². The zero-order valence-corrected chi connectivity index (χ0v) is 37.2. The number of hydrogen-bond acceptors (Lipinski definition) is 0. The summed E-state index contributed by atoms with van der Waals surface area (Å²) < 4.78 is 1.47. The Morgan fingerprint density at radius 1 is 0.453 bits per heavy atom.